The van der Waals surface area contributed by atoms with Gasteiger partial charge in [-0.1, -0.05) is 0 Å². The Morgan fingerprint density at radius 2 is 2.14 bits per heavy atom. The fourth-order valence-corrected chi connectivity index (χ4v) is 1.60. The standard InChI is InChI=1S/C12H14N2O7/c1-21-10-6-7(2-3-9(10)14(19)20)11(16)13-8(4-5-15)12(17)18/h2-3,6,8,15H,4-5H2,1H3,(H,13,16)(H,17,18)/t8-/m0/s1. The molecule has 0 saturated heterocycles. The van der Waals surface area contributed by atoms with Crippen LogP contribution >= 0.6 is 0 Å². The van der Waals surface area contributed by atoms with Gasteiger partial charge in [0.15, 0.2) is 5.75 Å². The summed E-state index contributed by atoms with van der Waals surface area (Å²) < 4.78 is 4.82. The molecule has 0 heterocycles. The molecule has 1 aromatic rings. The molecule has 0 spiro atoms. The van der Waals surface area contributed by atoms with E-state index in [0.717, 1.165) is 12.1 Å². The van der Waals surface area contributed by atoms with Gasteiger partial charge in [0.05, 0.1) is 12.0 Å². The van der Waals surface area contributed by atoms with Crippen molar-refractivity contribution in [3.8, 4) is 5.75 Å². The lowest BCUT2D eigenvalue weighted by molar-refractivity contribution is -0.385. The van der Waals surface area contributed by atoms with Crippen molar-refractivity contribution in [1.29, 1.82) is 0 Å². The number of nitro benzene ring substituents is 1. The highest BCUT2D eigenvalue weighted by Gasteiger charge is 2.22. The summed E-state index contributed by atoms with van der Waals surface area (Å²) in [6.07, 6.45) is -0.148. The highest BCUT2D eigenvalue weighted by Crippen LogP contribution is 2.27. The molecular formula is C12H14N2O7. The van der Waals surface area contributed by atoms with E-state index in [4.69, 9.17) is 14.9 Å². The Kier molecular flexibility index (Phi) is 5.61. The first-order valence-corrected chi connectivity index (χ1v) is 5.87. The predicted molar refractivity (Wildman–Crippen MR) is 70.2 cm³/mol. The van der Waals surface area contributed by atoms with Crippen LogP contribution in [0.3, 0.4) is 0 Å². The molecule has 1 atom stereocenters. The number of rotatable bonds is 7. The average Bonchev–Trinajstić information content (AvgIpc) is 2.45. The number of carboxylic acids is 1. The molecule has 0 aliphatic heterocycles. The summed E-state index contributed by atoms with van der Waals surface area (Å²) in [5.41, 5.74) is -0.291. The molecule has 0 fully saturated rings. The monoisotopic (exact) mass is 298 g/mol. The third-order valence-corrected chi connectivity index (χ3v) is 2.66. The molecule has 21 heavy (non-hydrogen) atoms. The topological polar surface area (TPSA) is 139 Å². The number of nitrogens with one attached hydrogen (secondary N) is 1. The normalized spacial score (nSPS) is 11.5. The number of amides is 1. The Hall–Kier alpha value is -2.68. The van der Waals surface area contributed by atoms with Crippen LogP contribution in [-0.2, 0) is 4.79 Å². The Morgan fingerprint density at radius 1 is 1.48 bits per heavy atom. The molecule has 9 nitrogen and oxygen atoms in total. The fraction of sp³-hybridized carbons (Fsp3) is 0.333. The Balaban J connectivity index is 2.97. The van der Waals surface area contributed by atoms with Crippen molar-refractivity contribution in [3.05, 3.63) is 33.9 Å². The van der Waals surface area contributed by atoms with Crippen LogP contribution in [0, 0.1) is 10.1 Å². The molecule has 0 aliphatic carbocycles. The van der Waals surface area contributed by atoms with Crippen LogP contribution in [0.1, 0.15) is 16.8 Å². The molecule has 0 aromatic heterocycles. The van der Waals surface area contributed by atoms with E-state index in [1.54, 1.807) is 0 Å². The van der Waals surface area contributed by atoms with Crippen LogP contribution in [-0.4, -0.2) is 46.8 Å². The number of methoxy groups -OCH3 is 1. The van der Waals surface area contributed by atoms with Crippen molar-refractivity contribution in [2.24, 2.45) is 0 Å². The maximum Gasteiger partial charge on any atom is 0.326 e. The Morgan fingerprint density at radius 3 is 2.62 bits per heavy atom. The van der Waals surface area contributed by atoms with Gasteiger partial charge in [-0.3, -0.25) is 14.9 Å². The summed E-state index contributed by atoms with van der Waals surface area (Å²) in [5.74, 6) is -2.13. The van der Waals surface area contributed by atoms with Crippen molar-refractivity contribution in [2.45, 2.75) is 12.5 Å². The second kappa shape index (κ2) is 7.20. The fourth-order valence-electron chi connectivity index (χ4n) is 1.60. The van der Waals surface area contributed by atoms with Crippen molar-refractivity contribution in [2.75, 3.05) is 13.7 Å². The van der Waals surface area contributed by atoms with Crippen molar-refractivity contribution in [3.63, 3.8) is 0 Å². The van der Waals surface area contributed by atoms with Gasteiger partial charge in [0.1, 0.15) is 6.04 Å². The number of carboxylic acid groups (broad SMARTS) is 1. The predicted octanol–water partition coefficient (Wildman–Crippen LogP) is 0.169. The SMILES string of the molecule is COc1cc(C(=O)N[C@@H](CCO)C(=O)O)ccc1[N+](=O)[O-]. The van der Waals surface area contributed by atoms with E-state index in [1.165, 1.54) is 13.2 Å². The number of benzene rings is 1. The van der Waals surface area contributed by atoms with Gasteiger partial charge in [-0.15, -0.1) is 0 Å². The van der Waals surface area contributed by atoms with Gasteiger partial charge in [-0.05, 0) is 6.07 Å². The number of ether oxygens (including phenoxy) is 1. The second-order valence-electron chi connectivity index (χ2n) is 4.02. The zero-order valence-corrected chi connectivity index (χ0v) is 11.1. The maximum absolute atomic E-state index is 11.9. The summed E-state index contributed by atoms with van der Waals surface area (Å²) in [7, 11) is 1.22. The highest BCUT2D eigenvalue weighted by atomic mass is 16.6. The summed E-state index contributed by atoms with van der Waals surface area (Å²) in [4.78, 5) is 32.9. The number of aliphatic carboxylic acids is 1. The molecule has 3 N–H and O–H groups in total. The minimum atomic E-state index is -1.29. The zero-order valence-electron chi connectivity index (χ0n) is 11.1. The quantitative estimate of drug-likeness (QED) is 0.481. The van der Waals surface area contributed by atoms with Gasteiger partial charge >= 0.3 is 11.7 Å². The molecule has 1 rings (SSSR count). The van der Waals surface area contributed by atoms with E-state index in [0.29, 0.717) is 0 Å². The summed E-state index contributed by atoms with van der Waals surface area (Å²) >= 11 is 0. The minimum absolute atomic E-state index is 0.0154. The first kappa shape index (κ1) is 16.4. The molecule has 9 heteroatoms. The third-order valence-electron chi connectivity index (χ3n) is 2.66. The van der Waals surface area contributed by atoms with Crippen molar-refractivity contribution in [1.82, 2.24) is 5.32 Å². The lowest BCUT2D eigenvalue weighted by atomic mass is 10.1. The molecule has 1 amide bonds. The van der Waals surface area contributed by atoms with Gasteiger partial charge in [0.2, 0.25) is 0 Å². The molecular weight excluding hydrogens is 284 g/mol. The van der Waals surface area contributed by atoms with E-state index in [9.17, 15) is 19.7 Å². The summed E-state index contributed by atoms with van der Waals surface area (Å²) in [6, 6.07) is 2.18. The molecule has 0 bridgehead atoms. The highest BCUT2D eigenvalue weighted by molar-refractivity contribution is 5.97. The summed E-state index contributed by atoms with van der Waals surface area (Å²) in [6.45, 7) is -0.402. The molecule has 0 unspecified atom stereocenters. The van der Waals surface area contributed by atoms with Crippen molar-refractivity contribution >= 4 is 17.6 Å². The number of carbonyl (C=O) groups excluding carboxylic acids is 1. The number of nitro groups is 1. The molecule has 1 aromatic carbocycles. The van der Waals surface area contributed by atoms with Crippen LogP contribution in [0.15, 0.2) is 18.2 Å². The van der Waals surface area contributed by atoms with Gasteiger partial charge < -0.3 is 20.3 Å². The Labute approximate surface area is 119 Å². The third kappa shape index (κ3) is 4.14. The molecule has 0 saturated carbocycles. The first-order valence-electron chi connectivity index (χ1n) is 5.87. The average molecular weight is 298 g/mol. The van der Waals surface area contributed by atoms with Crippen LogP contribution in [0.2, 0.25) is 0 Å². The zero-order chi connectivity index (χ0) is 16.0. The molecule has 0 radical (unpaired) electrons. The smallest absolute Gasteiger partial charge is 0.326 e. The van der Waals surface area contributed by atoms with E-state index in [1.807, 2.05) is 0 Å². The van der Waals surface area contributed by atoms with E-state index < -0.39 is 29.4 Å². The van der Waals surface area contributed by atoms with Gasteiger partial charge in [0, 0.05) is 30.7 Å². The second-order valence-corrected chi connectivity index (χ2v) is 4.02. The van der Waals surface area contributed by atoms with Crippen LogP contribution < -0.4 is 10.1 Å². The number of nitrogens with zero attached hydrogens (tertiary/aromatic N) is 1. The van der Waals surface area contributed by atoms with Crippen LogP contribution in [0.4, 0.5) is 5.69 Å². The van der Waals surface area contributed by atoms with Crippen LogP contribution in [0.25, 0.3) is 0 Å². The lowest BCUT2D eigenvalue weighted by Gasteiger charge is -2.13. The molecule has 0 aliphatic rings. The van der Waals surface area contributed by atoms with Gasteiger partial charge in [-0.2, -0.15) is 0 Å². The van der Waals surface area contributed by atoms with Gasteiger partial charge in [0.25, 0.3) is 5.91 Å². The first-order chi connectivity index (χ1) is 9.90. The van der Waals surface area contributed by atoms with E-state index in [-0.39, 0.29) is 23.4 Å². The van der Waals surface area contributed by atoms with Crippen LogP contribution in [0.5, 0.6) is 5.75 Å². The molecule has 114 valence electrons. The minimum Gasteiger partial charge on any atom is -0.490 e. The number of hydrogen-bond acceptors (Lipinski definition) is 6. The lowest BCUT2D eigenvalue weighted by Crippen LogP contribution is -2.41. The number of hydrogen-bond donors (Lipinski definition) is 3. The number of aliphatic hydroxyl groups is 1. The maximum atomic E-state index is 11.9. The number of aliphatic hydroxyl groups excluding tert-OH is 1. The number of carbonyl (C=O) groups is 2. The Bertz CT molecular complexity index is 559. The largest absolute Gasteiger partial charge is 0.490 e. The van der Waals surface area contributed by atoms with Crippen molar-refractivity contribution < 1.29 is 29.5 Å². The summed E-state index contributed by atoms with van der Waals surface area (Å²) in [5, 5.41) is 30.6. The van der Waals surface area contributed by atoms with E-state index in [2.05, 4.69) is 5.32 Å². The van der Waals surface area contributed by atoms with Gasteiger partial charge in [-0.25, -0.2) is 4.79 Å². The van der Waals surface area contributed by atoms with E-state index >= 15 is 0 Å².